The highest BCUT2D eigenvalue weighted by Gasteiger charge is 1.87. The summed E-state index contributed by atoms with van der Waals surface area (Å²) in [6, 6.07) is 6.57. The molecule has 0 atom stereocenters. The molecule has 0 aliphatic rings. The number of rotatable bonds is 7. The van der Waals surface area contributed by atoms with Gasteiger partial charge in [0.25, 0.3) is 0 Å². The van der Waals surface area contributed by atoms with Crippen LogP contribution in [0, 0.1) is 5.82 Å². The van der Waals surface area contributed by atoms with Crippen molar-refractivity contribution in [2.75, 3.05) is 0 Å². The molecule has 0 bridgehead atoms. The highest BCUT2D eigenvalue weighted by molar-refractivity contribution is 5.15. The van der Waals surface area contributed by atoms with Gasteiger partial charge in [0, 0.05) is 0 Å². The lowest BCUT2D eigenvalue weighted by Gasteiger charge is -1.96. The van der Waals surface area contributed by atoms with E-state index in [2.05, 4.69) is 13.8 Å². The Kier molecular flexibility index (Phi) is 19.5. The summed E-state index contributed by atoms with van der Waals surface area (Å²) in [5.41, 5.74) is 1.18. The predicted octanol–water partition coefficient (Wildman–Crippen LogP) is 7.17. The number of hydrogen-bond donors (Lipinski definition) is 0. The smallest absolute Gasteiger partial charge is 0.123 e. The molecule has 0 heterocycles. The highest BCUT2D eigenvalue weighted by atomic mass is 19.1. The average molecular weight is 282 g/mol. The van der Waals surface area contributed by atoms with Crippen molar-refractivity contribution in [1.82, 2.24) is 0 Å². The summed E-state index contributed by atoms with van der Waals surface area (Å²) in [6.45, 7) is 10.6. The van der Waals surface area contributed by atoms with E-state index in [9.17, 15) is 4.39 Å². The number of benzene rings is 1. The molecule has 0 fully saturated rings. The lowest BCUT2D eigenvalue weighted by molar-refractivity contribution is 0.602. The molecule has 1 rings (SSSR count). The Balaban J connectivity index is 0. The summed E-state index contributed by atoms with van der Waals surface area (Å²) in [5, 5.41) is 0. The summed E-state index contributed by atoms with van der Waals surface area (Å²) in [6.07, 6.45) is 10.9. The summed E-state index contributed by atoms with van der Waals surface area (Å²) < 4.78 is 12.2. The minimum absolute atomic E-state index is 0.160. The average Bonchev–Trinajstić information content (AvgIpc) is 2.51. The van der Waals surface area contributed by atoms with E-state index in [-0.39, 0.29) is 5.82 Å². The van der Waals surface area contributed by atoms with E-state index in [0.29, 0.717) is 0 Å². The van der Waals surface area contributed by atoms with Crippen LogP contribution in [0.5, 0.6) is 0 Å². The molecular formula is C19H35F. The summed E-state index contributed by atoms with van der Waals surface area (Å²) in [7, 11) is 0. The van der Waals surface area contributed by atoms with Crippen molar-refractivity contribution >= 4 is 0 Å². The Bertz CT molecular complexity index is 258. The second-order valence-electron chi connectivity index (χ2n) is 4.75. The Morgan fingerprint density at radius 1 is 0.700 bits per heavy atom. The molecule has 118 valence electrons. The maximum absolute atomic E-state index is 12.2. The Morgan fingerprint density at radius 3 is 1.45 bits per heavy atom. The van der Waals surface area contributed by atoms with E-state index in [1.54, 1.807) is 12.1 Å². The van der Waals surface area contributed by atoms with Gasteiger partial charge in [-0.05, 0) is 24.1 Å². The molecule has 0 unspecified atom stereocenters. The van der Waals surface area contributed by atoms with Crippen molar-refractivity contribution in [3.63, 3.8) is 0 Å². The maximum Gasteiger partial charge on any atom is 0.123 e. The van der Waals surface area contributed by atoms with Crippen LogP contribution in [0.3, 0.4) is 0 Å². The van der Waals surface area contributed by atoms with Gasteiger partial charge >= 0.3 is 0 Å². The third-order valence-electron chi connectivity index (χ3n) is 3.03. The van der Waals surface area contributed by atoms with Gasteiger partial charge in [-0.1, -0.05) is 91.7 Å². The lowest BCUT2D eigenvalue weighted by Crippen LogP contribution is -1.78. The first-order valence-electron chi connectivity index (χ1n) is 8.49. The summed E-state index contributed by atoms with van der Waals surface area (Å²) in [5.74, 6) is -0.160. The molecule has 0 N–H and O–H groups in total. The van der Waals surface area contributed by atoms with E-state index >= 15 is 0 Å². The van der Waals surface area contributed by atoms with Crippen molar-refractivity contribution < 1.29 is 4.39 Å². The number of hydrogen-bond acceptors (Lipinski definition) is 0. The molecule has 1 aromatic rings. The SMILES string of the molecule is CC.CCCCCCCCC.CCc1ccc(F)cc1. The predicted molar refractivity (Wildman–Crippen MR) is 90.8 cm³/mol. The fourth-order valence-electron chi connectivity index (χ4n) is 1.75. The van der Waals surface area contributed by atoms with E-state index in [0.717, 1.165) is 6.42 Å². The molecule has 0 aromatic heterocycles. The third kappa shape index (κ3) is 15.2. The van der Waals surface area contributed by atoms with Crippen LogP contribution in [-0.2, 0) is 6.42 Å². The van der Waals surface area contributed by atoms with Crippen LogP contribution in [0.15, 0.2) is 24.3 Å². The lowest BCUT2D eigenvalue weighted by atomic mass is 10.1. The highest BCUT2D eigenvalue weighted by Crippen LogP contribution is 2.05. The van der Waals surface area contributed by atoms with Crippen molar-refractivity contribution in [1.29, 1.82) is 0 Å². The standard InChI is InChI=1S/C9H20.C8H9F.C2H6/c1-3-5-7-9-8-6-4-2;1-2-7-3-5-8(9)6-4-7;1-2/h3-9H2,1-2H3;3-6H,2H2,1H3;1-2H3. The fourth-order valence-corrected chi connectivity index (χ4v) is 1.75. The number of aryl methyl sites for hydroxylation is 1. The zero-order valence-corrected chi connectivity index (χ0v) is 14.3. The summed E-state index contributed by atoms with van der Waals surface area (Å²) in [4.78, 5) is 0. The van der Waals surface area contributed by atoms with Crippen LogP contribution < -0.4 is 0 Å². The number of unbranched alkanes of at least 4 members (excludes halogenated alkanes) is 6. The minimum Gasteiger partial charge on any atom is -0.207 e. The minimum atomic E-state index is -0.160. The molecule has 0 amide bonds. The van der Waals surface area contributed by atoms with Crippen LogP contribution in [0.2, 0.25) is 0 Å². The summed E-state index contributed by atoms with van der Waals surface area (Å²) >= 11 is 0. The van der Waals surface area contributed by atoms with Crippen molar-refractivity contribution in [2.45, 2.75) is 86.0 Å². The molecule has 0 aliphatic heterocycles. The van der Waals surface area contributed by atoms with Gasteiger partial charge in [-0.2, -0.15) is 0 Å². The van der Waals surface area contributed by atoms with Crippen LogP contribution in [0.4, 0.5) is 4.39 Å². The second kappa shape index (κ2) is 18.1. The number of halogens is 1. The van der Waals surface area contributed by atoms with Gasteiger partial charge < -0.3 is 0 Å². The Morgan fingerprint density at radius 2 is 1.10 bits per heavy atom. The molecule has 20 heavy (non-hydrogen) atoms. The van der Waals surface area contributed by atoms with Crippen molar-refractivity contribution in [2.24, 2.45) is 0 Å². The van der Waals surface area contributed by atoms with E-state index < -0.39 is 0 Å². The normalized spacial score (nSPS) is 9.10. The first-order chi connectivity index (χ1) is 9.74. The molecule has 1 aromatic carbocycles. The molecule has 0 saturated heterocycles. The first kappa shape index (κ1) is 21.4. The Hall–Kier alpha value is -0.850. The Labute approximate surface area is 126 Å². The zero-order chi connectivity index (χ0) is 15.6. The van der Waals surface area contributed by atoms with Crippen molar-refractivity contribution in [3.05, 3.63) is 35.6 Å². The topological polar surface area (TPSA) is 0 Å². The molecule has 0 saturated carbocycles. The van der Waals surface area contributed by atoms with E-state index in [1.807, 2.05) is 20.8 Å². The van der Waals surface area contributed by atoms with Gasteiger partial charge in [-0.15, -0.1) is 0 Å². The molecule has 0 nitrogen and oxygen atoms in total. The largest absolute Gasteiger partial charge is 0.207 e. The van der Waals surface area contributed by atoms with Gasteiger partial charge in [-0.25, -0.2) is 4.39 Å². The molecule has 1 heteroatoms. The van der Waals surface area contributed by atoms with Crippen LogP contribution in [0.25, 0.3) is 0 Å². The van der Waals surface area contributed by atoms with Crippen LogP contribution in [-0.4, -0.2) is 0 Å². The van der Waals surface area contributed by atoms with Gasteiger partial charge in [0.2, 0.25) is 0 Å². The molecular weight excluding hydrogens is 247 g/mol. The zero-order valence-electron chi connectivity index (χ0n) is 14.3. The first-order valence-corrected chi connectivity index (χ1v) is 8.49. The third-order valence-corrected chi connectivity index (χ3v) is 3.03. The van der Waals surface area contributed by atoms with Gasteiger partial charge in [0.05, 0.1) is 0 Å². The van der Waals surface area contributed by atoms with Crippen LogP contribution in [0.1, 0.15) is 85.1 Å². The van der Waals surface area contributed by atoms with E-state index in [4.69, 9.17) is 0 Å². The van der Waals surface area contributed by atoms with Gasteiger partial charge in [-0.3, -0.25) is 0 Å². The molecule has 0 radical (unpaired) electrons. The monoisotopic (exact) mass is 282 g/mol. The van der Waals surface area contributed by atoms with E-state index in [1.165, 1.54) is 62.6 Å². The quantitative estimate of drug-likeness (QED) is 0.465. The second-order valence-corrected chi connectivity index (χ2v) is 4.75. The molecule has 0 aliphatic carbocycles. The van der Waals surface area contributed by atoms with Crippen LogP contribution >= 0.6 is 0 Å². The maximum atomic E-state index is 12.2. The molecule has 0 spiro atoms. The fraction of sp³-hybridized carbons (Fsp3) is 0.684. The van der Waals surface area contributed by atoms with Gasteiger partial charge in [0.15, 0.2) is 0 Å². The van der Waals surface area contributed by atoms with Gasteiger partial charge in [0.1, 0.15) is 5.82 Å². The van der Waals surface area contributed by atoms with Crippen molar-refractivity contribution in [3.8, 4) is 0 Å².